The number of carbonyl (C=O) groups excluding carboxylic acids is 4. The zero-order valence-corrected chi connectivity index (χ0v) is 35.7. The third-order valence-electron chi connectivity index (χ3n) is 11.2. The maximum atomic E-state index is 15.3. The largest absolute Gasteiger partial charge is 0.477 e. The standard InChI is InChI=1S/C45H53FN8O9.H3N/c1-2-52-25-34(43(58)59)41(56)33-21-35(46)39(23-38(33)52)53-17-19-54(20-18-53)45(61)63-27-29-10-14-31(15-11-29)51-42(57)37(9-6-16-49-44(48)60)50-24-36(47)32(30-12-13-30)22-40(55)62-26-28-7-4-3-5-8-28;/h3-5,7-8,10-11,14-15,21,23-25,30,32,37,50H,2,6,9,12-13,16-20,22,26-27,47H2,1H3,(H,51,57)(H,58,59)(H3,48,49,60);1H3/b36-24-;/t32-,37-;/m0./s1. The van der Waals surface area contributed by atoms with Crippen molar-refractivity contribution >= 4 is 52.2 Å². The number of carboxylic acids is 1. The van der Waals surface area contributed by atoms with E-state index in [2.05, 4.69) is 16.0 Å². The second-order valence-corrected chi connectivity index (χ2v) is 15.6. The van der Waals surface area contributed by atoms with Gasteiger partial charge in [0.2, 0.25) is 11.3 Å². The molecule has 0 bridgehead atoms. The summed E-state index contributed by atoms with van der Waals surface area (Å²) in [5.74, 6) is -2.80. The van der Waals surface area contributed by atoms with Crippen LogP contribution in [0.15, 0.2) is 89.6 Å². The van der Waals surface area contributed by atoms with Gasteiger partial charge >= 0.3 is 24.1 Å². The van der Waals surface area contributed by atoms with Crippen molar-refractivity contribution in [3.8, 4) is 0 Å². The molecule has 0 unspecified atom stereocenters. The van der Waals surface area contributed by atoms with Gasteiger partial charge in [-0.1, -0.05) is 42.5 Å². The summed E-state index contributed by atoms with van der Waals surface area (Å²) in [5, 5.41) is 18.0. The fourth-order valence-electron chi connectivity index (χ4n) is 7.48. The molecule has 3 aromatic carbocycles. The number of ether oxygens (including phenoxy) is 2. The predicted octanol–water partition coefficient (Wildman–Crippen LogP) is 4.78. The number of nitrogens with zero attached hydrogens (tertiary/aromatic N) is 3. The van der Waals surface area contributed by atoms with E-state index >= 15 is 4.39 Å². The van der Waals surface area contributed by atoms with E-state index in [1.165, 1.54) is 17.2 Å². The van der Waals surface area contributed by atoms with Gasteiger partial charge in [-0.3, -0.25) is 14.4 Å². The number of primary amides is 1. The van der Waals surface area contributed by atoms with Crippen LogP contribution in [0.25, 0.3) is 10.9 Å². The Balaban J connectivity index is 0.00000771. The summed E-state index contributed by atoms with van der Waals surface area (Å²) in [7, 11) is 0. The molecule has 2 heterocycles. The first-order valence-corrected chi connectivity index (χ1v) is 20.9. The molecule has 18 nitrogen and oxygen atoms in total. The van der Waals surface area contributed by atoms with E-state index < -0.39 is 40.9 Å². The quantitative estimate of drug-likeness (QED) is 0.0494. The number of allylic oxidation sites excluding steroid dienone is 1. The Hall–Kier alpha value is -7.15. The summed E-state index contributed by atoms with van der Waals surface area (Å²) in [6.45, 7) is 3.62. The van der Waals surface area contributed by atoms with Crippen molar-refractivity contribution in [2.24, 2.45) is 23.3 Å². The summed E-state index contributed by atoms with van der Waals surface area (Å²) in [5.41, 5.74) is 13.7. The van der Waals surface area contributed by atoms with Gasteiger partial charge in [0.1, 0.15) is 30.6 Å². The smallest absolute Gasteiger partial charge is 0.410 e. The number of nitrogens with two attached hydrogens (primary N) is 2. The lowest BCUT2D eigenvalue weighted by Crippen LogP contribution is -2.49. The highest BCUT2D eigenvalue weighted by molar-refractivity contribution is 5.95. The average molecular weight is 886 g/mol. The van der Waals surface area contributed by atoms with E-state index in [9.17, 15) is 33.9 Å². The molecule has 1 saturated carbocycles. The first-order chi connectivity index (χ1) is 30.3. The topological polar surface area (TPSA) is 276 Å². The monoisotopic (exact) mass is 885 g/mol. The Morgan fingerprint density at radius 1 is 0.938 bits per heavy atom. The second kappa shape index (κ2) is 22.3. The summed E-state index contributed by atoms with van der Waals surface area (Å²) >= 11 is 0. The lowest BCUT2D eigenvalue weighted by Gasteiger charge is -2.35. The molecule has 342 valence electrons. The molecule has 1 saturated heterocycles. The van der Waals surface area contributed by atoms with Gasteiger partial charge in [0.15, 0.2) is 0 Å². The molecule has 4 aromatic rings. The summed E-state index contributed by atoms with van der Waals surface area (Å²) in [4.78, 5) is 78.2. The number of carboxylic acid groups (broad SMARTS) is 1. The Labute approximate surface area is 369 Å². The molecule has 2 aliphatic rings. The number of rotatable bonds is 19. The molecular formula is C45H56FN9O9. The number of urea groups is 1. The van der Waals surface area contributed by atoms with Crippen LogP contribution < -0.4 is 43.9 Å². The summed E-state index contributed by atoms with van der Waals surface area (Å²) in [6.07, 6.45) is 5.01. The number of anilines is 2. The summed E-state index contributed by atoms with van der Waals surface area (Å²) < 4.78 is 28.0. The molecule has 2 atom stereocenters. The Kier molecular flexibility index (Phi) is 16.7. The van der Waals surface area contributed by atoms with Crippen LogP contribution in [0, 0.1) is 17.7 Å². The molecule has 1 aliphatic carbocycles. The third-order valence-corrected chi connectivity index (χ3v) is 11.2. The van der Waals surface area contributed by atoms with Crippen molar-refractivity contribution in [3.63, 3.8) is 0 Å². The van der Waals surface area contributed by atoms with Crippen molar-refractivity contribution in [3.05, 3.63) is 118 Å². The number of piperazine rings is 1. The van der Waals surface area contributed by atoms with Crippen LogP contribution >= 0.6 is 0 Å². The summed E-state index contributed by atoms with van der Waals surface area (Å²) in [6, 6.07) is 17.4. The minimum Gasteiger partial charge on any atom is -0.477 e. The first kappa shape index (κ1) is 47.9. The molecule has 4 amide bonds. The maximum absolute atomic E-state index is 15.3. The van der Waals surface area contributed by atoms with Crippen LogP contribution in [0.5, 0.6) is 0 Å². The number of pyridine rings is 1. The lowest BCUT2D eigenvalue weighted by atomic mass is 9.96. The van der Waals surface area contributed by atoms with Crippen LogP contribution in [0.2, 0.25) is 0 Å². The number of benzene rings is 3. The number of aromatic nitrogens is 1. The molecule has 2 fully saturated rings. The van der Waals surface area contributed by atoms with Crippen LogP contribution in [0.1, 0.15) is 60.5 Å². The Bertz CT molecular complexity index is 2380. The Morgan fingerprint density at radius 2 is 1.61 bits per heavy atom. The van der Waals surface area contributed by atoms with Crippen LogP contribution in [-0.4, -0.2) is 83.3 Å². The Morgan fingerprint density at radius 3 is 2.25 bits per heavy atom. The number of amides is 4. The number of aryl methyl sites for hydroxylation is 1. The number of fused-ring (bicyclic) bond motifs is 1. The number of hydrogen-bond acceptors (Lipinski definition) is 12. The number of hydrogen-bond donors (Lipinski definition) is 7. The molecule has 64 heavy (non-hydrogen) atoms. The van der Waals surface area contributed by atoms with Gasteiger partial charge in [-0.25, -0.2) is 18.8 Å². The lowest BCUT2D eigenvalue weighted by molar-refractivity contribution is -0.146. The maximum Gasteiger partial charge on any atom is 0.410 e. The minimum absolute atomic E-state index is 0. The van der Waals surface area contributed by atoms with Crippen molar-refractivity contribution in [2.75, 3.05) is 42.9 Å². The molecule has 11 N–H and O–H groups in total. The highest BCUT2D eigenvalue weighted by Crippen LogP contribution is 2.41. The number of esters is 1. The zero-order chi connectivity index (χ0) is 45.0. The fraction of sp³-hybridized carbons (Fsp3) is 0.378. The highest BCUT2D eigenvalue weighted by atomic mass is 19.1. The average Bonchev–Trinajstić information content (AvgIpc) is 4.13. The SMILES string of the molecule is CCn1cc(C(=O)O)c(=O)c2cc(F)c(N3CCN(C(=O)OCc4ccc(NC(=O)[C@H](CCCNC(N)=O)N/C=C(\N)[C@@H](CC(=O)OCc5ccccc5)C5CC5)cc4)CC3)cc21.N. The third kappa shape index (κ3) is 12.7. The van der Waals surface area contributed by atoms with Gasteiger partial charge < -0.3 is 62.5 Å². The van der Waals surface area contributed by atoms with Crippen molar-refractivity contribution in [1.82, 2.24) is 26.3 Å². The van der Waals surface area contributed by atoms with Gasteiger partial charge in [-0.05, 0) is 73.9 Å². The van der Waals surface area contributed by atoms with Gasteiger partial charge in [-0.15, -0.1) is 0 Å². The van der Waals surface area contributed by atoms with Crippen molar-refractivity contribution < 1.29 is 42.9 Å². The van der Waals surface area contributed by atoms with Crippen LogP contribution in [-0.2, 0) is 38.8 Å². The minimum atomic E-state index is -1.38. The zero-order valence-electron chi connectivity index (χ0n) is 35.7. The molecular weight excluding hydrogens is 830 g/mol. The van der Waals surface area contributed by atoms with E-state index in [0.29, 0.717) is 54.9 Å². The van der Waals surface area contributed by atoms with Crippen molar-refractivity contribution in [2.45, 2.75) is 64.8 Å². The van der Waals surface area contributed by atoms with Crippen LogP contribution in [0.4, 0.5) is 25.4 Å². The van der Waals surface area contributed by atoms with E-state index in [0.717, 1.165) is 24.5 Å². The molecule has 1 aromatic heterocycles. The van der Waals surface area contributed by atoms with E-state index in [4.69, 9.17) is 20.9 Å². The molecule has 0 radical (unpaired) electrons. The molecule has 19 heteroatoms. The molecule has 1 aliphatic heterocycles. The van der Waals surface area contributed by atoms with Gasteiger partial charge in [0.05, 0.1) is 17.6 Å². The van der Waals surface area contributed by atoms with Crippen LogP contribution in [0.3, 0.4) is 0 Å². The normalized spacial score (nSPS) is 14.8. The van der Waals surface area contributed by atoms with Gasteiger partial charge in [-0.2, -0.15) is 0 Å². The number of nitrogens with one attached hydrogen (secondary N) is 3. The van der Waals surface area contributed by atoms with E-state index in [1.54, 1.807) is 46.9 Å². The van der Waals surface area contributed by atoms with E-state index in [1.807, 2.05) is 30.3 Å². The van der Waals surface area contributed by atoms with Gasteiger partial charge in [0, 0.05) is 74.4 Å². The number of halogens is 1. The first-order valence-electron chi connectivity index (χ1n) is 20.9. The molecule has 6 rings (SSSR count). The van der Waals surface area contributed by atoms with Crippen molar-refractivity contribution in [1.29, 1.82) is 0 Å². The highest BCUT2D eigenvalue weighted by Gasteiger charge is 2.35. The fourth-order valence-corrected chi connectivity index (χ4v) is 7.48. The number of aromatic carboxylic acids is 1. The second-order valence-electron chi connectivity index (χ2n) is 15.6. The molecule has 0 spiro atoms. The predicted molar refractivity (Wildman–Crippen MR) is 238 cm³/mol. The van der Waals surface area contributed by atoms with E-state index in [-0.39, 0.29) is 80.2 Å². The number of carbonyl (C=O) groups is 5. The van der Waals surface area contributed by atoms with Gasteiger partial charge in [0.25, 0.3) is 0 Å².